The van der Waals surface area contributed by atoms with Crippen molar-refractivity contribution in [1.29, 1.82) is 0 Å². The number of likely N-dealkylation sites (N-methyl/N-ethyl adjacent to an activating group) is 1. The molecule has 0 spiro atoms. The van der Waals surface area contributed by atoms with Crippen LogP contribution in [-0.2, 0) is 11.3 Å². The number of hydrogen-bond acceptors (Lipinski definition) is 4. The third kappa shape index (κ3) is 4.78. The molecule has 2 aromatic rings. The van der Waals surface area contributed by atoms with Crippen LogP contribution in [0.2, 0.25) is 0 Å². The molecule has 0 unspecified atom stereocenters. The molecule has 0 aliphatic carbocycles. The second-order valence-electron chi connectivity index (χ2n) is 6.06. The molecule has 0 radical (unpaired) electrons. The summed E-state index contributed by atoms with van der Waals surface area (Å²) < 4.78 is 1.87. The van der Waals surface area contributed by atoms with Gasteiger partial charge in [-0.15, -0.1) is 0 Å². The summed E-state index contributed by atoms with van der Waals surface area (Å²) in [6.07, 6.45) is 7.05. The van der Waals surface area contributed by atoms with Gasteiger partial charge in [0.2, 0.25) is 0 Å². The van der Waals surface area contributed by atoms with Crippen molar-refractivity contribution in [3.05, 3.63) is 59.9 Å². The van der Waals surface area contributed by atoms with Crippen molar-refractivity contribution in [1.82, 2.24) is 25.1 Å². The van der Waals surface area contributed by atoms with E-state index in [1.54, 1.807) is 18.3 Å². The number of carbonyl (C=O) groups is 1. The maximum atomic E-state index is 12.0. The minimum absolute atomic E-state index is 0.102. The van der Waals surface area contributed by atoms with Crippen molar-refractivity contribution < 1.29 is 4.79 Å². The molecule has 1 aliphatic heterocycles. The molecule has 126 valence electrons. The van der Waals surface area contributed by atoms with Gasteiger partial charge in [0.25, 0.3) is 5.91 Å². The van der Waals surface area contributed by atoms with Gasteiger partial charge in [-0.25, -0.2) is 5.01 Å². The number of hydrogen-bond donors (Lipinski definition) is 1. The van der Waals surface area contributed by atoms with Crippen molar-refractivity contribution in [2.24, 2.45) is 0 Å². The van der Waals surface area contributed by atoms with Gasteiger partial charge < -0.3 is 4.90 Å². The Labute approximate surface area is 142 Å². The summed E-state index contributed by atoms with van der Waals surface area (Å²) >= 11 is 0. The Hall–Kier alpha value is -2.44. The quantitative estimate of drug-likeness (QED) is 0.840. The second-order valence-corrected chi connectivity index (χ2v) is 6.06. The molecule has 1 aliphatic rings. The Morgan fingerprint density at radius 1 is 1.21 bits per heavy atom. The molecule has 0 bridgehead atoms. The topological polar surface area (TPSA) is 53.4 Å². The van der Waals surface area contributed by atoms with Gasteiger partial charge in [-0.05, 0) is 18.7 Å². The molecule has 6 heteroatoms. The highest BCUT2D eigenvalue weighted by atomic mass is 16.2. The van der Waals surface area contributed by atoms with Crippen molar-refractivity contribution in [3.63, 3.8) is 0 Å². The Bertz CT molecular complexity index is 686. The van der Waals surface area contributed by atoms with Gasteiger partial charge >= 0.3 is 0 Å². The van der Waals surface area contributed by atoms with Crippen LogP contribution in [-0.4, -0.2) is 58.8 Å². The first-order valence-electron chi connectivity index (χ1n) is 8.17. The monoisotopic (exact) mass is 325 g/mol. The highest BCUT2D eigenvalue weighted by Gasteiger charge is 2.14. The third-order valence-corrected chi connectivity index (χ3v) is 4.04. The summed E-state index contributed by atoms with van der Waals surface area (Å²) in [5.74, 6) is -0.102. The first kappa shape index (κ1) is 16.4. The molecule has 24 heavy (non-hydrogen) atoms. The van der Waals surface area contributed by atoms with E-state index >= 15 is 0 Å². The maximum absolute atomic E-state index is 12.0. The SMILES string of the molecule is CN1CCN(NC(=O)/C=C/c2cnn(Cc3ccccc3)c2)CC1. The summed E-state index contributed by atoms with van der Waals surface area (Å²) in [5, 5.41) is 6.29. The molecule has 1 amide bonds. The highest BCUT2D eigenvalue weighted by molar-refractivity contribution is 5.91. The molecule has 0 saturated carbocycles. The van der Waals surface area contributed by atoms with Crippen LogP contribution in [0.25, 0.3) is 6.08 Å². The van der Waals surface area contributed by atoms with E-state index in [0.717, 1.165) is 38.3 Å². The van der Waals surface area contributed by atoms with Crippen LogP contribution in [0.4, 0.5) is 0 Å². The number of nitrogens with zero attached hydrogens (tertiary/aromatic N) is 4. The molecule has 6 nitrogen and oxygen atoms in total. The van der Waals surface area contributed by atoms with Crippen LogP contribution >= 0.6 is 0 Å². The first-order valence-corrected chi connectivity index (χ1v) is 8.17. The summed E-state index contributed by atoms with van der Waals surface area (Å²) in [4.78, 5) is 14.2. The van der Waals surface area contributed by atoms with E-state index in [1.807, 2.05) is 34.1 Å². The van der Waals surface area contributed by atoms with Crippen LogP contribution in [0.3, 0.4) is 0 Å². The Morgan fingerprint density at radius 2 is 1.96 bits per heavy atom. The number of carbonyl (C=O) groups excluding carboxylic acids is 1. The number of aromatic nitrogens is 2. The van der Waals surface area contributed by atoms with E-state index in [0.29, 0.717) is 0 Å². The molecule has 2 heterocycles. The lowest BCUT2D eigenvalue weighted by atomic mass is 10.2. The average Bonchev–Trinajstić information content (AvgIpc) is 3.03. The Balaban J connectivity index is 1.50. The lowest BCUT2D eigenvalue weighted by Gasteiger charge is -2.31. The lowest BCUT2D eigenvalue weighted by molar-refractivity contribution is -0.121. The van der Waals surface area contributed by atoms with Crippen molar-refractivity contribution in [3.8, 4) is 0 Å². The maximum Gasteiger partial charge on any atom is 0.258 e. The normalized spacial score (nSPS) is 16.5. The molecule has 1 N–H and O–H groups in total. The summed E-state index contributed by atoms with van der Waals surface area (Å²) in [5.41, 5.74) is 5.02. The van der Waals surface area contributed by atoms with Gasteiger partial charge in [0.1, 0.15) is 0 Å². The van der Waals surface area contributed by atoms with Gasteiger partial charge in [0.15, 0.2) is 0 Å². The number of piperazine rings is 1. The van der Waals surface area contributed by atoms with Crippen molar-refractivity contribution in [2.75, 3.05) is 33.2 Å². The minimum Gasteiger partial charge on any atom is -0.304 e. The number of hydrazine groups is 1. The van der Waals surface area contributed by atoms with E-state index in [-0.39, 0.29) is 5.91 Å². The van der Waals surface area contributed by atoms with Crippen LogP contribution in [0, 0.1) is 0 Å². The van der Waals surface area contributed by atoms with Crippen LogP contribution in [0.5, 0.6) is 0 Å². The number of nitrogens with one attached hydrogen (secondary N) is 1. The van der Waals surface area contributed by atoms with Crippen LogP contribution < -0.4 is 5.43 Å². The number of benzene rings is 1. The van der Waals surface area contributed by atoms with E-state index in [2.05, 4.69) is 34.6 Å². The summed E-state index contributed by atoms with van der Waals surface area (Å²) in [7, 11) is 2.09. The third-order valence-electron chi connectivity index (χ3n) is 4.04. The molecule has 1 saturated heterocycles. The molecule has 3 rings (SSSR count). The van der Waals surface area contributed by atoms with E-state index in [1.165, 1.54) is 5.56 Å². The van der Waals surface area contributed by atoms with Gasteiger partial charge in [0.05, 0.1) is 12.7 Å². The Kier molecular flexibility index (Phi) is 5.40. The zero-order chi connectivity index (χ0) is 16.8. The fraction of sp³-hybridized carbons (Fsp3) is 0.333. The minimum atomic E-state index is -0.102. The average molecular weight is 325 g/mol. The van der Waals surface area contributed by atoms with Crippen LogP contribution in [0.15, 0.2) is 48.8 Å². The van der Waals surface area contributed by atoms with Gasteiger partial charge in [-0.1, -0.05) is 30.3 Å². The molecule has 1 aromatic carbocycles. The lowest BCUT2D eigenvalue weighted by Crippen LogP contribution is -2.52. The van der Waals surface area contributed by atoms with E-state index in [4.69, 9.17) is 0 Å². The van der Waals surface area contributed by atoms with Gasteiger partial charge in [-0.2, -0.15) is 5.10 Å². The molecular weight excluding hydrogens is 302 g/mol. The predicted molar refractivity (Wildman–Crippen MR) is 94.0 cm³/mol. The smallest absolute Gasteiger partial charge is 0.258 e. The van der Waals surface area contributed by atoms with Gasteiger partial charge in [0, 0.05) is 44.0 Å². The fourth-order valence-corrected chi connectivity index (χ4v) is 2.61. The summed E-state index contributed by atoms with van der Waals surface area (Å²) in [6, 6.07) is 10.2. The van der Waals surface area contributed by atoms with Crippen molar-refractivity contribution in [2.45, 2.75) is 6.54 Å². The zero-order valence-corrected chi connectivity index (χ0v) is 13.9. The fourth-order valence-electron chi connectivity index (χ4n) is 2.61. The first-order chi connectivity index (χ1) is 11.7. The zero-order valence-electron chi connectivity index (χ0n) is 13.9. The predicted octanol–water partition coefficient (Wildman–Crippen LogP) is 1.22. The summed E-state index contributed by atoms with van der Waals surface area (Å²) in [6.45, 7) is 4.37. The van der Waals surface area contributed by atoms with Gasteiger partial charge in [-0.3, -0.25) is 14.9 Å². The standard InChI is InChI=1S/C18H23N5O/c1-21-9-11-22(12-10-21)20-18(24)8-7-17-13-19-23(15-17)14-16-5-3-2-4-6-16/h2-8,13,15H,9-12,14H2,1H3,(H,20,24)/b8-7+. The number of rotatable bonds is 5. The van der Waals surface area contributed by atoms with E-state index < -0.39 is 0 Å². The second kappa shape index (κ2) is 7.90. The molecule has 1 aromatic heterocycles. The van der Waals surface area contributed by atoms with E-state index in [9.17, 15) is 4.79 Å². The molecule has 1 fully saturated rings. The Morgan fingerprint density at radius 3 is 2.71 bits per heavy atom. The highest BCUT2D eigenvalue weighted by Crippen LogP contribution is 2.05. The molecular formula is C18H23N5O. The van der Waals surface area contributed by atoms with Crippen molar-refractivity contribution >= 4 is 12.0 Å². The number of amides is 1. The van der Waals surface area contributed by atoms with Crippen LogP contribution in [0.1, 0.15) is 11.1 Å². The largest absolute Gasteiger partial charge is 0.304 e. The molecule has 0 atom stereocenters.